The molecule has 1 aliphatic heterocycles. The van der Waals surface area contributed by atoms with Crippen molar-refractivity contribution in [2.24, 2.45) is 0 Å². The van der Waals surface area contributed by atoms with E-state index in [1.807, 2.05) is 30.3 Å². The first-order chi connectivity index (χ1) is 15.1. The molecule has 7 nitrogen and oxygen atoms in total. The molecule has 1 amide bonds. The number of amides is 1. The normalized spacial score (nSPS) is 15.6. The summed E-state index contributed by atoms with van der Waals surface area (Å²) in [6.07, 6.45) is 1.24. The van der Waals surface area contributed by atoms with Gasteiger partial charge >= 0.3 is 6.09 Å². The molecule has 162 valence electrons. The second-order valence-electron chi connectivity index (χ2n) is 7.42. The lowest BCUT2D eigenvalue weighted by Crippen LogP contribution is -2.46. The molecule has 0 aliphatic carbocycles. The average molecular weight is 424 g/mol. The van der Waals surface area contributed by atoms with Gasteiger partial charge in [-0.05, 0) is 49.6 Å². The number of nitrogens with zero attached hydrogens (tertiary/aromatic N) is 3. The molecule has 31 heavy (non-hydrogen) atoms. The van der Waals surface area contributed by atoms with E-state index in [1.165, 1.54) is 12.1 Å². The third-order valence-electron chi connectivity index (χ3n) is 5.33. The van der Waals surface area contributed by atoms with Crippen molar-refractivity contribution in [3.8, 4) is 11.5 Å². The van der Waals surface area contributed by atoms with E-state index in [1.54, 1.807) is 24.0 Å². The van der Waals surface area contributed by atoms with Gasteiger partial charge in [-0.25, -0.2) is 9.18 Å². The quantitative estimate of drug-likeness (QED) is 0.640. The summed E-state index contributed by atoms with van der Waals surface area (Å²) in [7, 11) is 0. The Hall–Kier alpha value is -3.26. The number of rotatable bonds is 6. The summed E-state index contributed by atoms with van der Waals surface area (Å²) in [4.78, 5) is 13.7. The third kappa shape index (κ3) is 5.08. The maximum Gasteiger partial charge on any atom is 0.409 e. The minimum Gasteiger partial charge on any atom is -0.450 e. The number of ether oxygens (including phenoxy) is 1. The second kappa shape index (κ2) is 9.70. The van der Waals surface area contributed by atoms with Crippen LogP contribution in [-0.4, -0.2) is 46.9 Å². The Balaban J connectivity index is 1.52. The van der Waals surface area contributed by atoms with E-state index in [0.29, 0.717) is 31.5 Å². The standard InChI is InChI=1S/C23H25FN4O3/c1-2-30-23(29)28-14-12-19(13-15-28)25-20(16-8-10-18(24)11-9-16)22-27-26-21(31-22)17-6-4-3-5-7-17/h3-11,19-20,25H,2,12-15H2,1H3/t20-/m0/s1. The van der Waals surface area contributed by atoms with Crippen LogP contribution < -0.4 is 5.32 Å². The molecule has 2 heterocycles. The van der Waals surface area contributed by atoms with Crippen molar-refractivity contribution in [3.63, 3.8) is 0 Å². The molecule has 0 bridgehead atoms. The van der Waals surface area contributed by atoms with Gasteiger partial charge in [-0.15, -0.1) is 10.2 Å². The molecule has 3 aromatic rings. The van der Waals surface area contributed by atoms with E-state index in [4.69, 9.17) is 9.15 Å². The Morgan fingerprint density at radius 1 is 1.16 bits per heavy atom. The van der Waals surface area contributed by atoms with E-state index in [0.717, 1.165) is 24.0 Å². The summed E-state index contributed by atoms with van der Waals surface area (Å²) in [5.74, 6) is 0.542. The smallest absolute Gasteiger partial charge is 0.409 e. The molecule has 1 N–H and O–H groups in total. The zero-order valence-corrected chi connectivity index (χ0v) is 17.3. The van der Waals surface area contributed by atoms with Crippen molar-refractivity contribution >= 4 is 6.09 Å². The number of halogens is 1. The number of piperidine rings is 1. The van der Waals surface area contributed by atoms with Gasteiger partial charge in [-0.1, -0.05) is 30.3 Å². The van der Waals surface area contributed by atoms with Crippen LogP contribution in [0.2, 0.25) is 0 Å². The van der Waals surface area contributed by atoms with Gasteiger partial charge in [0.2, 0.25) is 11.8 Å². The van der Waals surface area contributed by atoms with Crippen molar-refractivity contribution < 1.29 is 18.3 Å². The van der Waals surface area contributed by atoms with Crippen molar-refractivity contribution in [1.29, 1.82) is 0 Å². The highest BCUT2D eigenvalue weighted by Crippen LogP contribution is 2.27. The number of hydrogen-bond donors (Lipinski definition) is 1. The van der Waals surface area contributed by atoms with Gasteiger partial charge < -0.3 is 14.1 Å². The molecule has 0 radical (unpaired) electrons. The van der Waals surface area contributed by atoms with Crippen LogP contribution in [0.3, 0.4) is 0 Å². The SMILES string of the molecule is CCOC(=O)N1CCC(N[C@@H](c2ccc(F)cc2)c2nnc(-c3ccccc3)o2)CC1. The number of carbonyl (C=O) groups is 1. The van der Waals surface area contributed by atoms with Gasteiger partial charge in [0.25, 0.3) is 0 Å². The first-order valence-electron chi connectivity index (χ1n) is 10.5. The molecular formula is C23H25FN4O3. The van der Waals surface area contributed by atoms with Crippen molar-refractivity contribution in [2.75, 3.05) is 19.7 Å². The minimum atomic E-state index is -0.385. The number of nitrogens with one attached hydrogen (secondary N) is 1. The molecule has 8 heteroatoms. The predicted molar refractivity (Wildman–Crippen MR) is 113 cm³/mol. The predicted octanol–water partition coefficient (Wildman–Crippen LogP) is 4.18. The third-order valence-corrected chi connectivity index (χ3v) is 5.33. The summed E-state index contributed by atoms with van der Waals surface area (Å²) in [6, 6.07) is 15.6. The van der Waals surface area contributed by atoms with Gasteiger partial charge in [-0.3, -0.25) is 5.32 Å². The maximum atomic E-state index is 13.5. The highest BCUT2D eigenvalue weighted by atomic mass is 19.1. The molecule has 0 saturated carbocycles. The number of aromatic nitrogens is 2. The summed E-state index contributed by atoms with van der Waals surface area (Å²) in [5, 5.41) is 12.0. The van der Waals surface area contributed by atoms with Crippen LogP contribution in [0.25, 0.3) is 11.5 Å². The zero-order chi connectivity index (χ0) is 21.6. The highest BCUT2D eigenvalue weighted by molar-refractivity contribution is 5.67. The van der Waals surface area contributed by atoms with Crippen molar-refractivity contribution in [3.05, 3.63) is 71.9 Å². The summed E-state index contributed by atoms with van der Waals surface area (Å²) in [6.45, 7) is 3.37. The number of likely N-dealkylation sites (tertiary alicyclic amines) is 1. The highest BCUT2D eigenvalue weighted by Gasteiger charge is 2.28. The minimum absolute atomic E-state index is 0.132. The van der Waals surface area contributed by atoms with Gasteiger partial charge in [0.15, 0.2) is 0 Å². The number of carbonyl (C=O) groups excluding carboxylic acids is 1. The molecule has 1 aliphatic rings. The van der Waals surface area contributed by atoms with E-state index in [-0.39, 0.29) is 24.0 Å². The van der Waals surface area contributed by atoms with Gasteiger partial charge in [0.1, 0.15) is 11.9 Å². The molecule has 1 atom stereocenters. The fraction of sp³-hybridized carbons (Fsp3) is 0.348. The molecular weight excluding hydrogens is 399 g/mol. The van der Waals surface area contributed by atoms with Crippen LogP contribution in [0.5, 0.6) is 0 Å². The van der Waals surface area contributed by atoms with E-state index < -0.39 is 0 Å². The van der Waals surface area contributed by atoms with E-state index >= 15 is 0 Å². The first-order valence-corrected chi connectivity index (χ1v) is 10.5. The van der Waals surface area contributed by atoms with E-state index in [9.17, 15) is 9.18 Å². The zero-order valence-electron chi connectivity index (χ0n) is 17.3. The van der Waals surface area contributed by atoms with Gasteiger partial charge in [0, 0.05) is 24.7 Å². The maximum absolute atomic E-state index is 13.5. The van der Waals surface area contributed by atoms with Gasteiger partial charge in [-0.2, -0.15) is 0 Å². The summed E-state index contributed by atoms with van der Waals surface area (Å²) >= 11 is 0. The summed E-state index contributed by atoms with van der Waals surface area (Å²) in [5.41, 5.74) is 1.67. The Morgan fingerprint density at radius 2 is 1.87 bits per heavy atom. The molecule has 2 aromatic carbocycles. The Labute approximate surface area is 180 Å². The Kier molecular flexibility index (Phi) is 6.57. The fourth-order valence-electron chi connectivity index (χ4n) is 3.69. The molecule has 1 saturated heterocycles. The fourth-order valence-corrected chi connectivity index (χ4v) is 3.69. The van der Waals surface area contributed by atoms with Crippen LogP contribution in [0.1, 0.15) is 37.3 Å². The lowest BCUT2D eigenvalue weighted by molar-refractivity contribution is 0.0942. The van der Waals surface area contributed by atoms with Crippen LogP contribution in [-0.2, 0) is 4.74 Å². The molecule has 1 fully saturated rings. The average Bonchev–Trinajstić information content (AvgIpc) is 3.29. The van der Waals surface area contributed by atoms with Crippen LogP contribution in [0.15, 0.2) is 59.0 Å². The molecule has 4 rings (SSSR count). The van der Waals surface area contributed by atoms with Crippen molar-refractivity contribution in [1.82, 2.24) is 20.4 Å². The Morgan fingerprint density at radius 3 is 2.55 bits per heavy atom. The molecule has 0 spiro atoms. The van der Waals surface area contributed by atoms with Crippen LogP contribution in [0, 0.1) is 5.82 Å². The molecule has 1 aromatic heterocycles. The lowest BCUT2D eigenvalue weighted by Gasteiger charge is -2.33. The first kappa shape index (κ1) is 21.0. The van der Waals surface area contributed by atoms with E-state index in [2.05, 4.69) is 15.5 Å². The number of hydrogen-bond acceptors (Lipinski definition) is 6. The lowest BCUT2D eigenvalue weighted by atomic mass is 10.0. The Bertz CT molecular complexity index is 986. The van der Waals surface area contributed by atoms with Crippen molar-refractivity contribution in [2.45, 2.75) is 31.8 Å². The summed E-state index contributed by atoms with van der Waals surface area (Å²) < 4.78 is 24.6. The number of benzene rings is 2. The topological polar surface area (TPSA) is 80.5 Å². The van der Waals surface area contributed by atoms with Crippen LogP contribution in [0.4, 0.5) is 9.18 Å². The monoisotopic (exact) mass is 424 g/mol. The van der Waals surface area contributed by atoms with Gasteiger partial charge in [0.05, 0.1) is 6.61 Å². The second-order valence-corrected chi connectivity index (χ2v) is 7.42. The molecule has 0 unspecified atom stereocenters. The largest absolute Gasteiger partial charge is 0.450 e. The van der Waals surface area contributed by atoms with Crippen LogP contribution >= 0.6 is 0 Å².